The van der Waals surface area contributed by atoms with Crippen LogP contribution in [0.3, 0.4) is 0 Å². The number of amides is 1. The summed E-state index contributed by atoms with van der Waals surface area (Å²) in [5.41, 5.74) is 7.60. The molecule has 0 aliphatic carbocycles. The van der Waals surface area contributed by atoms with Crippen LogP contribution in [0.25, 0.3) is 0 Å². The van der Waals surface area contributed by atoms with Crippen LogP contribution in [-0.4, -0.2) is 24.0 Å². The fraction of sp³-hybridized carbons (Fsp3) is 0.312. The number of fused-ring (bicyclic) bond motifs is 1. The quantitative estimate of drug-likeness (QED) is 0.887. The van der Waals surface area contributed by atoms with Crippen molar-refractivity contribution in [3.8, 4) is 5.75 Å². The Labute approximate surface area is 128 Å². The van der Waals surface area contributed by atoms with Crippen LogP contribution in [0.2, 0.25) is 0 Å². The van der Waals surface area contributed by atoms with Gasteiger partial charge in [0.05, 0.1) is 6.04 Å². The van der Waals surface area contributed by atoms with Crippen molar-refractivity contribution in [2.24, 2.45) is 0 Å². The maximum Gasteiger partial charge on any atom is 0.261 e. The van der Waals surface area contributed by atoms with Crippen LogP contribution in [-0.2, 0) is 11.2 Å². The molecule has 2 heterocycles. The largest absolute Gasteiger partial charge is 0.484 e. The number of carbonyl (C=O) groups excluding carboxylic acids is 1. The SMILES string of the molecule is CC1c2ccsc2CCN1C(=O)COc1cccc(N)c1. The Morgan fingerprint density at radius 3 is 3.14 bits per heavy atom. The molecule has 1 amide bonds. The summed E-state index contributed by atoms with van der Waals surface area (Å²) < 4.78 is 5.55. The number of nitrogen functional groups attached to an aromatic ring is 1. The second kappa shape index (κ2) is 5.77. The topological polar surface area (TPSA) is 55.6 Å². The highest BCUT2D eigenvalue weighted by Gasteiger charge is 2.28. The maximum atomic E-state index is 12.4. The normalized spacial score (nSPS) is 17.4. The van der Waals surface area contributed by atoms with Gasteiger partial charge in [-0.1, -0.05) is 6.07 Å². The van der Waals surface area contributed by atoms with Gasteiger partial charge in [0, 0.05) is 23.2 Å². The highest BCUT2D eigenvalue weighted by Crippen LogP contribution is 2.32. The molecule has 2 N–H and O–H groups in total. The minimum Gasteiger partial charge on any atom is -0.484 e. The third kappa shape index (κ3) is 2.88. The van der Waals surface area contributed by atoms with Crippen LogP contribution in [0.1, 0.15) is 23.4 Å². The maximum absolute atomic E-state index is 12.4. The average Bonchev–Trinajstić information content (AvgIpc) is 2.95. The number of nitrogens with zero attached hydrogens (tertiary/aromatic N) is 1. The molecule has 1 aliphatic heterocycles. The van der Waals surface area contributed by atoms with Gasteiger partial charge in [0.1, 0.15) is 5.75 Å². The minimum absolute atomic E-state index is 0.0155. The molecule has 0 saturated heterocycles. The zero-order valence-electron chi connectivity index (χ0n) is 11.9. The van der Waals surface area contributed by atoms with Crippen LogP contribution in [0, 0.1) is 0 Å². The summed E-state index contributed by atoms with van der Waals surface area (Å²) >= 11 is 1.77. The van der Waals surface area contributed by atoms with Crippen LogP contribution >= 0.6 is 11.3 Å². The standard InChI is InChI=1S/C16H18N2O2S/c1-11-14-6-8-21-15(14)5-7-18(11)16(19)10-20-13-4-2-3-12(17)9-13/h2-4,6,8-9,11H,5,7,10,17H2,1H3. The van der Waals surface area contributed by atoms with Gasteiger partial charge in [-0.05, 0) is 42.5 Å². The molecular formula is C16H18N2O2S. The van der Waals surface area contributed by atoms with Crippen molar-refractivity contribution < 1.29 is 9.53 Å². The van der Waals surface area contributed by atoms with Gasteiger partial charge in [-0.15, -0.1) is 11.3 Å². The molecule has 0 spiro atoms. The van der Waals surface area contributed by atoms with Crippen LogP contribution in [0.5, 0.6) is 5.75 Å². The fourth-order valence-electron chi connectivity index (χ4n) is 2.68. The van der Waals surface area contributed by atoms with Gasteiger partial charge in [-0.25, -0.2) is 0 Å². The third-order valence-electron chi connectivity index (χ3n) is 3.82. The van der Waals surface area contributed by atoms with E-state index >= 15 is 0 Å². The number of benzene rings is 1. The van der Waals surface area contributed by atoms with Gasteiger partial charge in [0.15, 0.2) is 6.61 Å². The molecule has 1 atom stereocenters. The molecule has 3 rings (SSSR count). The number of hydrogen-bond donors (Lipinski definition) is 1. The van der Waals surface area contributed by atoms with Gasteiger partial charge in [0.25, 0.3) is 5.91 Å². The molecule has 21 heavy (non-hydrogen) atoms. The Balaban J connectivity index is 1.64. The summed E-state index contributed by atoms with van der Waals surface area (Å²) in [6.07, 6.45) is 0.932. The summed E-state index contributed by atoms with van der Waals surface area (Å²) in [6.45, 7) is 2.88. The van der Waals surface area contributed by atoms with E-state index in [1.54, 1.807) is 29.5 Å². The predicted octanol–water partition coefficient (Wildman–Crippen LogP) is 2.86. The number of thiophene rings is 1. The summed E-state index contributed by atoms with van der Waals surface area (Å²) in [7, 11) is 0. The van der Waals surface area contributed by atoms with Gasteiger partial charge >= 0.3 is 0 Å². The molecule has 0 saturated carbocycles. The highest BCUT2D eigenvalue weighted by molar-refractivity contribution is 7.10. The number of carbonyl (C=O) groups is 1. The molecule has 1 aliphatic rings. The van der Waals surface area contributed by atoms with Crippen molar-refractivity contribution in [2.45, 2.75) is 19.4 Å². The zero-order chi connectivity index (χ0) is 14.8. The molecule has 0 radical (unpaired) electrons. The van der Waals surface area contributed by atoms with E-state index in [0.29, 0.717) is 11.4 Å². The zero-order valence-corrected chi connectivity index (χ0v) is 12.7. The van der Waals surface area contributed by atoms with Gasteiger partial charge < -0.3 is 15.4 Å². The molecule has 0 fully saturated rings. The summed E-state index contributed by atoms with van der Waals surface area (Å²) in [6, 6.07) is 9.37. The Bertz CT molecular complexity index is 653. The Morgan fingerprint density at radius 1 is 1.48 bits per heavy atom. The molecule has 110 valence electrons. The van der Waals surface area contributed by atoms with Gasteiger partial charge in [-0.2, -0.15) is 0 Å². The lowest BCUT2D eigenvalue weighted by atomic mass is 10.0. The van der Waals surface area contributed by atoms with E-state index in [0.717, 1.165) is 13.0 Å². The van der Waals surface area contributed by atoms with Crippen molar-refractivity contribution in [1.82, 2.24) is 4.90 Å². The first-order valence-corrected chi connectivity index (χ1v) is 7.87. The van der Waals surface area contributed by atoms with E-state index in [4.69, 9.17) is 10.5 Å². The molecule has 1 aromatic heterocycles. The third-order valence-corrected chi connectivity index (χ3v) is 4.81. The van der Waals surface area contributed by atoms with E-state index in [2.05, 4.69) is 18.4 Å². The summed E-state index contributed by atoms with van der Waals surface area (Å²) in [4.78, 5) is 15.7. The van der Waals surface area contributed by atoms with E-state index in [9.17, 15) is 4.79 Å². The molecule has 1 aromatic carbocycles. The fourth-order valence-corrected chi connectivity index (χ4v) is 3.65. The first-order valence-electron chi connectivity index (χ1n) is 6.99. The predicted molar refractivity (Wildman–Crippen MR) is 84.5 cm³/mol. The lowest BCUT2D eigenvalue weighted by molar-refractivity contribution is -0.135. The number of hydrogen-bond acceptors (Lipinski definition) is 4. The average molecular weight is 302 g/mol. The summed E-state index contributed by atoms with van der Waals surface area (Å²) in [5.74, 6) is 0.644. The van der Waals surface area contributed by atoms with Crippen LogP contribution in [0.4, 0.5) is 5.69 Å². The molecule has 4 nitrogen and oxygen atoms in total. The number of nitrogens with two attached hydrogens (primary N) is 1. The van der Waals surface area contributed by atoms with E-state index in [-0.39, 0.29) is 18.6 Å². The first-order chi connectivity index (χ1) is 10.1. The molecule has 1 unspecified atom stereocenters. The lowest BCUT2D eigenvalue weighted by Gasteiger charge is -2.33. The minimum atomic E-state index is 0.0155. The first kappa shape index (κ1) is 13.9. The second-order valence-corrected chi connectivity index (χ2v) is 6.17. The Hall–Kier alpha value is -2.01. The van der Waals surface area contributed by atoms with E-state index in [1.807, 2.05) is 11.0 Å². The number of rotatable bonds is 3. The Kier molecular flexibility index (Phi) is 3.84. The van der Waals surface area contributed by atoms with Crippen LogP contribution in [0.15, 0.2) is 35.7 Å². The van der Waals surface area contributed by atoms with Crippen LogP contribution < -0.4 is 10.5 Å². The van der Waals surface area contributed by atoms with Crippen molar-refractivity contribution >= 4 is 22.9 Å². The number of anilines is 1. The van der Waals surface area contributed by atoms with Crippen molar-refractivity contribution in [2.75, 3.05) is 18.9 Å². The van der Waals surface area contributed by atoms with Gasteiger partial charge in [0.2, 0.25) is 0 Å². The molecule has 2 aromatic rings. The monoisotopic (exact) mass is 302 g/mol. The van der Waals surface area contributed by atoms with Crippen molar-refractivity contribution in [3.63, 3.8) is 0 Å². The smallest absolute Gasteiger partial charge is 0.261 e. The molecule has 5 heteroatoms. The summed E-state index contributed by atoms with van der Waals surface area (Å²) in [5, 5.41) is 2.10. The highest BCUT2D eigenvalue weighted by atomic mass is 32.1. The van der Waals surface area contributed by atoms with E-state index < -0.39 is 0 Å². The lowest BCUT2D eigenvalue weighted by Crippen LogP contribution is -2.40. The number of ether oxygens (including phenoxy) is 1. The molecular weight excluding hydrogens is 284 g/mol. The van der Waals surface area contributed by atoms with Crippen molar-refractivity contribution in [1.29, 1.82) is 0 Å². The van der Waals surface area contributed by atoms with Gasteiger partial charge in [-0.3, -0.25) is 4.79 Å². The molecule has 0 bridgehead atoms. The van der Waals surface area contributed by atoms with Crippen molar-refractivity contribution in [3.05, 3.63) is 46.2 Å². The second-order valence-electron chi connectivity index (χ2n) is 5.17. The van der Waals surface area contributed by atoms with E-state index in [1.165, 1.54) is 10.4 Å². The Morgan fingerprint density at radius 2 is 2.33 bits per heavy atom.